The molecule has 6 heteroatoms. The Morgan fingerprint density at radius 2 is 2.36 bits per heavy atom. The minimum Gasteiger partial charge on any atom is -0.351 e. The number of rotatable bonds is 4. The van der Waals surface area contributed by atoms with E-state index < -0.39 is 0 Å². The van der Waals surface area contributed by atoms with Gasteiger partial charge in [0.15, 0.2) is 0 Å². The average molecular weight is 318 g/mol. The van der Waals surface area contributed by atoms with Crippen LogP contribution in [0.4, 0.5) is 0 Å². The van der Waals surface area contributed by atoms with Crippen molar-refractivity contribution in [2.45, 2.75) is 39.4 Å². The van der Waals surface area contributed by atoms with Gasteiger partial charge in [-0.1, -0.05) is 6.07 Å². The summed E-state index contributed by atoms with van der Waals surface area (Å²) >= 11 is 1.76. The van der Waals surface area contributed by atoms with E-state index in [1.165, 1.54) is 0 Å². The molecule has 0 aliphatic carbocycles. The fourth-order valence-electron chi connectivity index (χ4n) is 2.90. The van der Waals surface area contributed by atoms with Gasteiger partial charge >= 0.3 is 0 Å². The van der Waals surface area contributed by atoms with Crippen molar-refractivity contribution in [2.24, 2.45) is 0 Å². The number of carbonyl (C=O) groups excluding carboxylic acids is 1. The maximum atomic E-state index is 12.0. The van der Waals surface area contributed by atoms with Crippen molar-refractivity contribution >= 4 is 28.7 Å². The van der Waals surface area contributed by atoms with Gasteiger partial charge in [-0.2, -0.15) is 0 Å². The number of benzene rings is 1. The first-order chi connectivity index (χ1) is 10.6. The first-order valence-electron chi connectivity index (χ1n) is 7.62. The van der Waals surface area contributed by atoms with Crippen LogP contribution in [0.1, 0.15) is 31.3 Å². The Labute approximate surface area is 134 Å². The number of hydrogen-bond donors (Lipinski definition) is 2. The minimum absolute atomic E-state index is 0.0591. The Morgan fingerprint density at radius 3 is 3.05 bits per heavy atom. The number of fused-ring (bicyclic) bond motifs is 1. The molecule has 1 aromatic heterocycles. The summed E-state index contributed by atoms with van der Waals surface area (Å²) in [6, 6.07) is 6.57. The molecule has 2 heterocycles. The van der Waals surface area contributed by atoms with Crippen molar-refractivity contribution in [3.63, 3.8) is 0 Å². The maximum Gasteiger partial charge on any atom is 0.238 e. The van der Waals surface area contributed by atoms with Gasteiger partial charge in [0.25, 0.3) is 0 Å². The van der Waals surface area contributed by atoms with Crippen molar-refractivity contribution in [3.8, 4) is 0 Å². The van der Waals surface area contributed by atoms with Crippen LogP contribution in [-0.2, 0) is 11.3 Å². The summed E-state index contributed by atoms with van der Waals surface area (Å²) in [5.41, 5.74) is 3.23. The van der Waals surface area contributed by atoms with Gasteiger partial charge in [0.05, 0.1) is 17.1 Å². The molecule has 1 fully saturated rings. The lowest BCUT2D eigenvalue weighted by Crippen LogP contribution is -2.41. The molecule has 0 bridgehead atoms. The van der Waals surface area contributed by atoms with Crippen LogP contribution in [0, 0.1) is 6.92 Å². The van der Waals surface area contributed by atoms with Gasteiger partial charge in [-0.05, 0) is 38.5 Å². The fourth-order valence-corrected chi connectivity index (χ4v) is 3.84. The molecule has 1 aliphatic rings. The highest BCUT2D eigenvalue weighted by molar-refractivity contribution is 7.99. The van der Waals surface area contributed by atoms with Crippen molar-refractivity contribution < 1.29 is 4.79 Å². The molecule has 1 atom stereocenters. The van der Waals surface area contributed by atoms with Gasteiger partial charge in [0.2, 0.25) is 5.91 Å². The van der Waals surface area contributed by atoms with Gasteiger partial charge in [0.1, 0.15) is 5.82 Å². The standard InChI is InChI=1S/C16H22N4OS/c1-10(2)20-11(3)19-13-6-12(4-5-15(13)20)7-17-16(21)14-8-22-9-18-14/h4-6,10,14,18H,7-9H2,1-3H3,(H,17,21). The number of thioether (sulfide) groups is 1. The second-order valence-electron chi connectivity index (χ2n) is 5.94. The molecule has 1 aromatic carbocycles. The molecule has 1 amide bonds. The highest BCUT2D eigenvalue weighted by Gasteiger charge is 2.22. The molecular weight excluding hydrogens is 296 g/mol. The number of amides is 1. The predicted octanol–water partition coefficient (Wildman–Crippen LogP) is 2.20. The van der Waals surface area contributed by atoms with E-state index in [1.807, 2.05) is 6.92 Å². The summed E-state index contributed by atoms with van der Waals surface area (Å²) in [5.74, 6) is 2.81. The lowest BCUT2D eigenvalue weighted by Gasteiger charge is -2.12. The topological polar surface area (TPSA) is 59.0 Å². The zero-order valence-corrected chi connectivity index (χ0v) is 14.0. The maximum absolute atomic E-state index is 12.0. The van der Waals surface area contributed by atoms with Crippen LogP contribution >= 0.6 is 11.8 Å². The van der Waals surface area contributed by atoms with Gasteiger partial charge < -0.3 is 9.88 Å². The number of carbonyl (C=O) groups is 1. The monoisotopic (exact) mass is 318 g/mol. The van der Waals surface area contributed by atoms with Crippen molar-refractivity contribution in [2.75, 3.05) is 11.6 Å². The molecular formula is C16H22N4OS. The summed E-state index contributed by atoms with van der Waals surface area (Å²) < 4.78 is 2.23. The smallest absolute Gasteiger partial charge is 0.238 e. The van der Waals surface area contributed by atoms with E-state index in [2.05, 4.69) is 52.2 Å². The quantitative estimate of drug-likeness (QED) is 0.907. The predicted molar refractivity (Wildman–Crippen MR) is 91.0 cm³/mol. The van der Waals surface area contributed by atoms with Gasteiger partial charge in [-0.15, -0.1) is 11.8 Å². The third-order valence-corrected chi connectivity index (χ3v) is 4.89. The van der Waals surface area contributed by atoms with Gasteiger partial charge in [-0.25, -0.2) is 4.98 Å². The normalized spacial score (nSPS) is 18.3. The van der Waals surface area contributed by atoms with E-state index in [0.717, 1.165) is 34.1 Å². The van der Waals surface area contributed by atoms with Crippen LogP contribution in [0.3, 0.4) is 0 Å². The second-order valence-corrected chi connectivity index (χ2v) is 6.97. The van der Waals surface area contributed by atoms with E-state index in [4.69, 9.17) is 0 Å². The number of nitrogens with one attached hydrogen (secondary N) is 2. The van der Waals surface area contributed by atoms with E-state index in [1.54, 1.807) is 11.8 Å². The molecule has 0 spiro atoms. The lowest BCUT2D eigenvalue weighted by atomic mass is 10.2. The Kier molecular flexibility index (Phi) is 4.40. The third kappa shape index (κ3) is 2.98. The SMILES string of the molecule is Cc1nc2cc(CNC(=O)C3CSCN3)ccc2n1C(C)C. The second kappa shape index (κ2) is 6.30. The molecule has 22 heavy (non-hydrogen) atoms. The molecule has 1 saturated heterocycles. The number of imidazole rings is 1. The molecule has 1 aliphatic heterocycles. The van der Waals surface area contributed by atoms with E-state index >= 15 is 0 Å². The van der Waals surface area contributed by atoms with Crippen molar-refractivity contribution in [1.82, 2.24) is 20.2 Å². The number of hydrogen-bond acceptors (Lipinski definition) is 4. The van der Waals surface area contributed by atoms with Crippen LogP contribution < -0.4 is 10.6 Å². The average Bonchev–Trinajstić information content (AvgIpc) is 3.10. The number of nitrogens with zero attached hydrogens (tertiary/aromatic N) is 2. The van der Waals surface area contributed by atoms with Crippen LogP contribution in [0.25, 0.3) is 11.0 Å². The molecule has 118 valence electrons. The zero-order valence-electron chi connectivity index (χ0n) is 13.2. The molecule has 2 N–H and O–H groups in total. The van der Waals surface area contributed by atoms with Crippen LogP contribution in [0.15, 0.2) is 18.2 Å². The van der Waals surface area contributed by atoms with Crippen LogP contribution in [-0.4, -0.2) is 33.1 Å². The van der Waals surface area contributed by atoms with E-state index in [0.29, 0.717) is 12.6 Å². The summed E-state index contributed by atoms with van der Waals surface area (Å²) in [5, 5.41) is 6.18. The Balaban J connectivity index is 1.73. The fraction of sp³-hybridized carbons (Fsp3) is 0.500. The van der Waals surface area contributed by atoms with Crippen LogP contribution in [0.2, 0.25) is 0 Å². The third-order valence-electron chi connectivity index (χ3n) is 3.95. The number of aromatic nitrogens is 2. The van der Waals surface area contributed by atoms with E-state index in [-0.39, 0.29) is 11.9 Å². The van der Waals surface area contributed by atoms with Crippen molar-refractivity contribution in [1.29, 1.82) is 0 Å². The molecule has 2 aromatic rings. The first kappa shape index (κ1) is 15.4. The number of aryl methyl sites for hydroxylation is 1. The lowest BCUT2D eigenvalue weighted by molar-refractivity contribution is -0.122. The summed E-state index contributed by atoms with van der Waals surface area (Å²) in [4.78, 5) is 16.7. The summed E-state index contributed by atoms with van der Waals surface area (Å²) in [6.07, 6.45) is 0. The Bertz CT molecular complexity index is 689. The molecule has 1 unspecified atom stereocenters. The molecule has 0 saturated carbocycles. The first-order valence-corrected chi connectivity index (χ1v) is 8.78. The highest BCUT2D eigenvalue weighted by atomic mass is 32.2. The largest absolute Gasteiger partial charge is 0.351 e. The van der Waals surface area contributed by atoms with Gasteiger partial charge in [0, 0.05) is 24.2 Å². The Hall–Kier alpha value is -1.53. The highest BCUT2D eigenvalue weighted by Crippen LogP contribution is 2.21. The van der Waals surface area contributed by atoms with E-state index in [9.17, 15) is 4.79 Å². The molecule has 0 radical (unpaired) electrons. The molecule has 5 nitrogen and oxygen atoms in total. The van der Waals surface area contributed by atoms with Crippen LogP contribution in [0.5, 0.6) is 0 Å². The van der Waals surface area contributed by atoms with Gasteiger partial charge in [-0.3, -0.25) is 10.1 Å². The zero-order chi connectivity index (χ0) is 15.7. The van der Waals surface area contributed by atoms with Crippen molar-refractivity contribution in [3.05, 3.63) is 29.6 Å². The molecule has 3 rings (SSSR count). The summed E-state index contributed by atoms with van der Waals surface area (Å²) in [6.45, 7) is 6.90. The summed E-state index contributed by atoms with van der Waals surface area (Å²) in [7, 11) is 0. The minimum atomic E-state index is -0.0591. The Morgan fingerprint density at radius 1 is 1.55 bits per heavy atom.